The number of carboxylic acids is 2. The van der Waals surface area contributed by atoms with E-state index >= 15 is 0 Å². The average Bonchev–Trinajstić information content (AvgIpc) is 3.41. The van der Waals surface area contributed by atoms with Gasteiger partial charge in [-0.1, -0.05) is 0 Å². The third-order valence-corrected chi connectivity index (χ3v) is 4.71. The van der Waals surface area contributed by atoms with Crippen LogP contribution in [-0.2, 0) is 16.1 Å². The molecule has 0 spiro atoms. The highest BCUT2D eigenvalue weighted by Gasteiger charge is 2.22. The molecule has 0 aromatic carbocycles. The number of hydrogen-bond donors (Lipinski definition) is 3. The lowest BCUT2D eigenvalue weighted by Gasteiger charge is -2.15. The van der Waals surface area contributed by atoms with Gasteiger partial charge in [0.15, 0.2) is 5.65 Å². The van der Waals surface area contributed by atoms with Crippen LogP contribution < -0.4 is 5.32 Å². The molecule has 10 nitrogen and oxygen atoms in total. The summed E-state index contributed by atoms with van der Waals surface area (Å²) in [7, 11) is 2.15. The van der Waals surface area contributed by atoms with Crippen molar-refractivity contribution < 1.29 is 24.2 Å². The van der Waals surface area contributed by atoms with E-state index in [-0.39, 0.29) is 0 Å². The van der Waals surface area contributed by atoms with Gasteiger partial charge in [0.05, 0.1) is 6.54 Å². The molecule has 0 aliphatic carbocycles. The van der Waals surface area contributed by atoms with Crippen LogP contribution in [0, 0.1) is 6.92 Å². The number of nitrogens with one attached hydrogen (secondary N) is 1. The number of aryl methyl sites for hydroxylation is 1. The Morgan fingerprint density at radius 2 is 2.00 bits per heavy atom. The molecule has 10 heteroatoms. The quantitative estimate of drug-likeness (QED) is 0.506. The predicted molar refractivity (Wildman–Crippen MR) is 114 cm³/mol. The zero-order valence-electron chi connectivity index (χ0n) is 17.4. The first-order valence-electron chi connectivity index (χ1n) is 9.77. The molecule has 1 saturated heterocycles. The van der Waals surface area contributed by atoms with E-state index < -0.39 is 11.9 Å². The van der Waals surface area contributed by atoms with Gasteiger partial charge in [-0.2, -0.15) is 0 Å². The van der Waals surface area contributed by atoms with Crippen LogP contribution in [0.4, 0.5) is 5.95 Å². The second-order valence-corrected chi connectivity index (χ2v) is 7.28. The molecule has 31 heavy (non-hydrogen) atoms. The van der Waals surface area contributed by atoms with Crippen LogP contribution in [0.15, 0.2) is 47.0 Å². The third-order valence-electron chi connectivity index (χ3n) is 4.71. The summed E-state index contributed by atoms with van der Waals surface area (Å²) >= 11 is 0. The van der Waals surface area contributed by atoms with Crippen LogP contribution in [0.1, 0.15) is 17.9 Å². The van der Waals surface area contributed by atoms with E-state index in [2.05, 4.69) is 26.8 Å². The van der Waals surface area contributed by atoms with Gasteiger partial charge in [0, 0.05) is 30.9 Å². The van der Waals surface area contributed by atoms with Crippen molar-refractivity contribution in [2.45, 2.75) is 25.9 Å². The number of hydrogen-bond acceptors (Lipinski definition) is 7. The minimum atomic E-state index is -1.26. The summed E-state index contributed by atoms with van der Waals surface area (Å²) in [5, 5.41) is 19.2. The van der Waals surface area contributed by atoms with Crippen LogP contribution in [0.2, 0.25) is 0 Å². The molecule has 0 saturated carbocycles. The fourth-order valence-corrected chi connectivity index (χ4v) is 3.32. The maximum atomic E-state index is 9.55. The minimum absolute atomic E-state index is 0.425. The first kappa shape index (κ1) is 22.0. The summed E-state index contributed by atoms with van der Waals surface area (Å²) < 4.78 is 7.84. The normalized spacial score (nSPS) is 16.4. The van der Waals surface area contributed by atoms with E-state index in [1.807, 2.05) is 31.2 Å². The minimum Gasteiger partial charge on any atom is -0.478 e. The smallest absolute Gasteiger partial charge is 0.328 e. The van der Waals surface area contributed by atoms with Gasteiger partial charge in [-0.3, -0.25) is 4.57 Å². The topological polar surface area (TPSA) is 134 Å². The fourth-order valence-electron chi connectivity index (χ4n) is 3.32. The van der Waals surface area contributed by atoms with Crippen molar-refractivity contribution in [1.82, 2.24) is 19.4 Å². The number of aromatic nitrogens is 3. The lowest BCUT2D eigenvalue weighted by Crippen LogP contribution is -2.25. The lowest BCUT2D eigenvalue weighted by atomic mass is 10.3. The Morgan fingerprint density at radius 3 is 2.58 bits per heavy atom. The first-order chi connectivity index (χ1) is 14.8. The Balaban J connectivity index is 0.000000293. The monoisotopic (exact) mass is 427 g/mol. The summed E-state index contributed by atoms with van der Waals surface area (Å²) in [4.78, 5) is 30.7. The zero-order chi connectivity index (χ0) is 22.4. The molecule has 3 aromatic rings. The number of likely N-dealkylation sites (N-methyl/N-ethyl adjacent to an activating group) is 1. The van der Waals surface area contributed by atoms with Gasteiger partial charge in [-0.15, -0.1) is 0 Å². The van der Waals surface area contributed by atoms with E-state index in [4.69, 9.17) is 19.6 Å². The average molecular weight is 427 g/mol. The summed E-state index contributed by atoms with van der Waals surface area (Å²) in [5.74, 6) is 0.191. The van der Waals surface area contributed by atoms with Crippen LogP contribution in [0.25, 0.3) is 11.2 Å². The van der Waals surface area contributed by atoms with Crippen molar-refractivity contribution >= 4 is 29.1 Å². The molecule has 4 rings (SSSR count). The standard InChI is InChI=1S/C17H21N5O.C4H4O4/c1-12-5-6-14(23-12)11-22-16-15(4-3-8-18-16)20-17(22)19-13-7-9-21(2)10-13;5-3(6)1-2-4(7)8/h3-6,8,13H,7,9-11H2,1-2H3,(H,19,20);1-2H,(H,5,6)(H,7,8)/b;2-1+. The summed E-state index contributed by atoms with van der Waals surface area (Å²) in [6.07, 6.45) is 4.05. The van der Waals surface area contributed by atoms with Gasteiger partial charge < -0.3 is 24.8 Å². The molecule has 3 N–H and O–H groups in total. The number of anilines is 1. The predicted octanol–water partition coefficient (Wildman–Crippen LogP) is 2.21. The van der Waals surface area contributed by atoms with Crippen LogP contribution in [-0.4, -0.2) is 67.8 Å². The molecule has 1 fully saturated rings. The Hall–Kier alpha value is -3.66. The Bertz CT molecular complexity index is 1070. The largest absolute Gasteiger partial charge is 0.478 e. The number of carboxylic acid groups (broad SMARTS) is 2. The van der Waals surface area contributed by atoms with E-state index in [1.54, 1.807) is 6.20 Å². The maximum absolute atomic E-state index is 9.55. The van der Waals surface area contributed by atoms with Crippen molar-refractivity contribution in [3.63, 3.8) is 0 Å². The molecular weight excluding hydrogens is 402 g/mol. The van der Waals surface area contributed by atoms with Crippen LogP contribution in [0.3, 0.4) is 0 Å². The second-order valence-electron chi connectivity index (χ2n) is 7.28. The number of carbonyl (C=O) groups is 2. The van der Waals surface area contributed by atoms with Gasteiger partial charge in [0.25, 0.3) is 0 Å². The molecule has 4 heterocycles. The number of imidazole rings is 1. The van der Waals surface area contributed by atoms with E-state index in [0.29, 0.717) is 24.7 Å². The van der Waals surface area contributed by atoms with Crippen LogP contribution >= 0.6 is 0 Å². The zero-order valence-corrected chi connectivity index (χ0v) is 17.4. The number of likely N-dealkylation sites (tertiary alicyclic amines) is 1. The number of fused-ring (bicyclic) bond motifs is 1. The molecule has 0 radical (unpaired) electrons. The van der Waals surface area contributed by atoms with Gasteiger partial charge in [-0.05, 0) is 51.2 Å². The van der Waals surface area contributed by atoms with E-state index in [0.717, 1.165) is 48.1 Å². The molecule has 1 atom stereocenters. The highest BCUT2D eigenvalue weighted by molar-refractivity contribution is 5.89. The molecule has 1 aliphatic rings. The molecule has 0 amide bonds. The SMILES string of the molecule is Cc1ccc(Cn2c(NC3CCN(C)C3)nc3cccnc32)o1.O=C(O)/C=C/C(=O)O. The summed E-state index contributed by atoms with van der Waals surface area (Å²) in [5.41, 5.74) is 1.79. The summed E-state index contributed by atoms with van der Waals surface area (Å²) in [6, 6.07) is 8.34. The number of rotatable bonds is 6. The van der Waals surface area contributed by atoms with E-state index in [1.165, 1.54) is 0 Å². The van der Waals surface area contributed by atoms with Crippen LogP contribution in [0.5, 0.6) is 0 Å². The Morgan fingerprint density at radius 1 is 1.26 bits per heavy atom. The summed E-state index contributed by atoms with van der Waals surface area (Å²) in [6.45, 7) is 4.75. The molecular formula is C21H25N5O5. The van der Waals surface area contributed by atoms with Crippen molar-refractivity contribution in [3.05, 3.63) is 54.1 Å². The van der Waals surface area contributed by atoms with Gasteiger partial charge >= 0.3 is 11.9 Å². The Labute approximate surface area is 178 Å². The Kier molecular flexibility index (Phi) is 7.03. The molecule has 1 aliphatic heterocycles. The van der Waals surface area contributed by atoms with Crippen molar-refractivity contribution in [2.24, 2.45) is 0 Å². The third kappa shape index (κ3) is 6.16. The number of furan rings is 1. The number of nitrogens with zero attached hydrogens (tertiary/aromatic N) is 4. The number of pyridine rings is 1. The van der Waals surface area contributed by atoms with Gasteiger partial charge in [-0.25, -0.2) is 19.6 Å². The maximum Gasteiger partial charge on any atom is 0.328 e. The first-order valence-corrected chi connectivity index (χ1v) is 9.77. The highest BCUT2D eigenvalue weighted by atomic mass is 16.4. The van der Waals surface area contributed by atoms with Crippen molar-refractivity contribution in [2.75, 3.05) is 25.5 Å². The van der Waals surface area contributed by atoms with E-state index in [9.17, 15) is 9.59 Å². The molecule has 1 unspecified atom stereocenters. The molecule has 3 aromatic heterocycles. The fraction of sp³-hybridized carbons (Fsp3) is 0.333. The van der Waals surface area contributed by atoms with Crippen molar-refractivity contribution in [1.29, 1.82) is 0 Å². The highest BCUT2D eigenvalue weighted by Crippen LogP contribution is 2.22. The number of aliphatic carboxylic acids is 2. The molecule has 164 valence electrons. The second kappa shape index (κ2) is 9.90. The van der Waals surface area contributed by atoms with Crippen molar-refractivity contribution in [3.8, 4) is 0 Å². The molecule has 0 bridgehead atoms. The van der Waals surface area contributed by atoms with Gasteiger partial charge in [0.2, 0.25) is 5.95 Å². The lowest BCUT2D eigenvalue weighted by molar-refractivity contribution is -0.134. The van der Waals surface area contributed by atoms with Gasteiger partial charge in [0.1, 0.15) is 17.0 Å².